The molecule has 0 aliphatic carbocycles. The normalized spacial score (nSPS) is 20.4. The van der Waals surface area contributed by atoms with Crippen molar-refractivity contribution in [2.75, 3.05) is 26.2 Å². The van der Waals surface area contributed by atoms with E-state index in [1.165, 1.54) is 4.31 Å². The van der Waals surface area contributed by atoms with Gasteiger partial charge in [-0.2, -0.15) is 4.31 Å². The minimum absolute atomic E-state index is 0. The molecule has 0 bridgehead atoms. The van der Waals surface area contributed by atoms with E-state index in [0.717, 1.165) is 0 Å². The third-order valence-electron chi connectivity index (χ3n) is 2.88. The van der Waals surface area contributed by atoms with Gasteiger partial charge in [0.25, 0.3) is 0 Å². The summed E-state index contributed by atoms with van der Waals surface area (Å²) in [4.78, 5) is 0.0920. The molecule has 1 saturated heterocycles. The van der Waals surface area contributed by atoms with Crippen molar-refractivity contribution in [2.45, 2.75) is 11.0 Å². The third kappa shape index (κ3) is 3.65. The number of nitrogens with two attached hydrogens (primary N) is 1. The summed E-state index contributed by atoms with van der Waals surface area (Å²) < 4.78 is 32.4. The molecule has 2 N–H and O–H groups in total. The quantitative estimate of drug-likeness (QED) is 0.832. The van der Waals surface area contributed by atoms with E-state index in [0.29, 0.717) is 17.6 Å². The molecule has 1 unspecified atom stereocenters. The van der Waals surface area contributed by atoms with Gasteiger partial charge in [-0.15, -0.1) is 12.4 Å². The van der Waals surface area contributed by atoms with Crippen molar-refractivity contribution in [1.82, 2.24) is 4.31 Å². The van der Waals surface area contributed by atoms with E-state index in [-0.39, 0.29) is 41.5 Å². The third-order valence-corrected chi connectivity index (χ3v) is 6.20. The van der Waals surface area contributed by atoms with Crippen LogP contribution in [0.15, 0.2) is 27.6 Å². The van der Waals surface area contributed by atoms with Gasteiger partial charge in [0, 0.05) is 24.1 Å². The second-order valence-corrected chi connectivity index (χ2v) is 7.28. The molecule has 9 heteroatoms. The number of hydrogen-bond donors (Lipinski definition) is 1. The molecule has 1 aliphatic rings. The highest BCUT2D eigenvalue weighted by Gasteiger charge is 2.32. The fourth-order valence-electron chi connectivity index (χ4n) is 1.91. The first-order valence-electron chi connectivity index (χ1n) is 5.72. The van der Waals surface area contributed by atoms with Crippen molar-refractivity contribution >= 4 is 50.0 Å². The van der Waals surface area contributed by atoms with E-state index in [4.69, 9.17) is 22.1 Å². The molecular weight excluding hydrogens is 391 g/mol. The summed E-state index contributed by atoms with van der Waals surface area (Å²) in [6.45, 7) is 1.17. The van der Waals surface area contributed by atoms with Crippen LogP contribution >= 0.6 is 39.9 Å². The van der Waals surface area contributed by atoms with Crippen LogP contribution in [0.3, 0.4) is 0 Å². The number of halogens is 3. The highest BCUT2D eigenvalue weighted by molar-refractivity contribution is 9.10. The average molecular weight is 406 g/mol. The number of morpholine rings is 1. The van der Waals surface area contributed by atoms with Gasteiger partial charge in [-0.1, -0.05) is 17.7 Å². The number of ether oxygens (including phenoxy) is 1. The second kappa shape index (κ2) is 7.40. The monoisotopic (exact) mass is 404 g/mol. The van der Waals surface area contributed by atoms with Crippen LogP contribution in [-0.2, 0) is 14.8 Å². The second-order valence-electron chi connectivity index (χ2n) is 4.14. The summed E-state index contributed by atoms with van der Waals surface area (Å²) in [6.07, 6.45) is -0.273. The first kappa shape index (κ1) is 18.2. The van der Waals surface area contributed by atoms with Gasteiger partial charge in [-0.25, -0.2) is 8.42 Å². The van der Waals surface area contributed by atoms with E-state index in [2.05, 4.69) is 15.9 Å². The molecular formula is C11H15BrCl2N2O3S. The molecule has 1 atom stereocenters. The van der Waals surface area contributed by atoms with E-state index in [1.807, 2.05) is 0 Å². The molecule has 1 aromatic carbocycles. The van der Waals surface area contributed by atoms with Crippen molar-refractivity contribution in [1.29, 1.82) is 0 Å². The van der Waals surface area contributed by atoms with Gasteiger partial charge in [0.05, 0.1) is 17.7 Å². The Hall–Kier alpha value is 0.110. The Morgan fingerprint density at radius 2 is 2.20 bits per heavy atom. The number of benzene rings is 1. The molecule has 1 heterocycles. The molecule has 0 aromatic heterocycles. The number of rotatable bonds is 3. The van der Waals surface area contributed by atoms with Gasteiger partial charge in [0.1, 0.15) is 4.90 Å². The average Bonchev–Trinajstić information content (AvgIpc) is 2.38. The highest BCUT2D eigenvalue weighted by atomic mass is 79.9. The molecule has 0 spiro atoms. The highest BCUT2D eigenvalue weighted by Crippen LogP contribution is 2.32. The number of nitrogens with zero attached hydrogens (tertiary/aromatic N) is 1. The molecule has 2 rings (SSSR count). The van der Waals surface area contributed by atoms with Crippen molar-refractivity contribution in [3.8, 4) is 0 Å². The summed E-state index contributed by atoms with van der Waals surface area (Å²) in [6, 6.07) is 4.90. The maximum Gasteiger partial charge on any atom is 0.245 e. The maximum atomic E-state index is 12.6. The molecule has 5 nitrogen and oxygen atoms in total. The fraction of sp³-hybridized carbons (Fsp3) is 0.455. The van der Waals surface area contributed by atoms with Crippen molar-refractivity contribution < 1.29 is 13.2 Å². The van der Waals surface area contributed by atoms with E-state index in [9.17, 15) is 8.42 Å². The minimum atomic E-state index is -3.65. The predicted octanol–water partition coefficient (Wildman–Crippen LogP) is 1.87. The van der Waals surface area contributed by atoms with Gasteiger partial charge in [0.2, 0.25) is 10.0 Å². The minimum Gasteiger partial charge on any atom is -0.374 e. The lowest BCUT2D eigenvalue weighted by Gasteiger charge is -2.31. The largest absolute Gasteiger partial charge is 0.374 e. The van der Waals surface area contributed by atoms with E-state index in [1.54, 1.807) is 18.2 Å². The zero-order valence-electron chi connectivity index (χ0n) is 10.5. The number of sulfonamides is 1. The van der Waals surface area contributed by atoms with Crippen LogP contribution in [0.5, 0.6) is 0 Å². The van der Waals surface area contributed by atoms with Crippen LogP contribution in [0.2, 0.25) is 5.02 Å². The summed E-state index contributed by atoms with van der Waals surface area (Å²) in [7, 11) is -3.65. The smallest absolute Gasteiger partial charge is 0.245 e. The molecule has 0 amide bonds. The van der Waals surface area contributed by atoms with Crippen molar-refractivity contribution in [3.05, 3.63) is 27.7 Å². The van der Waals surface area contributed by atoms with Crippen LogP contribution in [0, 0.1) is 0 Å². The lowest BCUT2D eigenvalue weighted by atomic mass is 10.3. The van der Waals surface area contributed by atoms with Crippen LogP contribution in [0.4, 0.5) is 0 Å². The zero-order valence-corrected chi connectivity index (χ0v) is 14.4. The van der Waals surface area contributed by atoms with Gasteiger partial charge < -0.3 is 10.5 Å². The Labute approximate surface area is 138 Å². The Morgan fingerprint density at radius 3 is 2.80 bits per heavy atom. The van der Waals surface area contributed by atoms with E-state index < -0.39 is 10.0 Å². The number of hydrogen-bond acceptors (Lipinski definition) is 4. The Kier molecular flexibility index (Phi) is 6.72. The maximum absolute atomic E-state index is 12.6. The molecule has 0 saturated carbocycles. The molecule has 1 aliphatic heterocycles. The molecule has 20 heavy (non-hydrogen) atoms. The van der Waals surface area contributed by atoms with Crippen LogP contribution < -0.4 is 5.73 Å². The zero-order chi connectivity index (χ0) is 14.0. The lowest BCUT2D eigenvalue weighted by Crippen LogP contribution is -2.48. The lowest BCUT2D eigenvalue weighted by molar-refractivity contribution is 0.00449. The molecule has 0 radical (unpaired) electrons. The SMILES string of the molecule is Cl.NCC1CN(S(=O)(=O)c2c(Cl)cccc2Br)CCO1. The molecule has 1 fully saturated rings. The first-order valence-corrected chi connectivity index (χ1v) is 8.33. The van der Waals surface area contributed by atoms with Crippen molar-refractivity contribution in [2.24, 2.45) is 5.73 Å². The van der Waals surface area contributed by atoms with E-state index >= 15 is 0 Å². The molecule has 114 valence electrons. The Bertz CT molecular complexity index is 551. The predicted molar refractivity (Wildman–Crippen MR) is 84.0 cm³/mol. The summed E-state index contributed by atoms with van der Waals surface area (Å²) >= 11 is 9.25. The van der Waals surface area contributed by atoms with Gasteiger partial charge in [-0.3, -0.25) is 0 Å². The van der Waals surface area contributed by atoms with Gasteiger partial charge in [0.15, 0.2) is 0 Å². The van der Waals surface area contributed by atoms with Gasteiger partial charge >= 0.3 is 0 Å². The van der Waals surface area contributed by atoms with Crippen molar-refractivity contribution in [3.63, 3.8) is 0 Å². The summed E-state index contributed by atoms with van der Waals surface area (Å²) in [5.74, 6) is 0. The van der Waals surface area contributed by atoms with Crippen LogP contribution in [-0.4, -0.2) is 45.1 Å². The standard InChI is InChI=1S/C11H14BrClN2O3S.ClH/c12-9-2-1-3-10(13)11(9)19(16,17)15-4-5-18-8(6-14)7-15;/h1-3,8H,4-7,14H2;1H. The summed E-state index contributed by atoms with van der Waals surface area (Å²) in [5.41, 5.74) is 5.53. The fourth-order valence-corrected chi connectivity index (χ4v) is 5.04. The van der Waals surface area contributed by atoms with Crippen LogP contribution in [0.25, 0.3) is 0 Å². The summed E-state index contributed by atoms with van der Waals surface area (Å²) in [5, 5.41) is 0.199. The Morgan fingerprint density at radius 1 is 1.50 bits per heavy atom. The molecule has 1 aromatic rings. The topological polar surface area (TPSA) is 72.6 Å². The Balaban J connectivity index is 0.00000200. The van der Waals surface area contributed by atoms with Crippen LogP contribution in [0.1, 0.15) is 0 Å². The van der Waals surface area contributed by atoms with Gasteiger partial charge in [-0.05, 0) is 28.1 Å². The first-order chi connectivity index (χ1) is 8.96.